The Morgan fingerprint density at radius 1 is 1.42 bits per heavy atom. The van der Waals surface area contributed by atoms with Crippen LogP contribution in [0.3, 0.4) is 0 Å². The van der Waals surface area contributed by atoms with Crippen LogP contribution in [0.25, 0.3) is 0 Å². The van der Waals surface area contributed by atoms with Gasteiger partial charge in [-0.15, -0.1) is 0 Å². The molecule has 0 fully saturated rings. The molecule has 0 aliphatic rings. The standard InChI is InChI=1S/C13H15ClN4O/c1-7-4-11(15)10(14)5-12(7)16-13(19)9-6-18(3)17-8(9)2/h4-6H,15H2,1-3H3,(H,16,19). The molecule has 0 unspecified atom stereocenters. The Morgan fingerprint density at radius 2 is 2.11 bits per heavy atom. The Labute approximate surface area is 116 Å². The Hall–Kier alpha value is -2.01. The number of carbonyl (C=O) groups is 1. The molecule has 5 nitrogen and oxygen atoms in total. The van der Waals surface area contributed by atoms with Gasteiger partial charge in [-0.25, -0.2) is 0 Å². The SMILES string of the molecule is Cc1cc(N)c(Cl)cc1NC(=O)c1cn(C)nc1C. The molecule has 2 aromatic rings. The van der Waals surface area contributed by atoms with Gasteiger partial charge in [0.15, 0.2) is 0 Å². The summed E-state index contributed by atoms with van der Waals surface area (Å²) >= 11 is 5.96. The molecule has 1 aromatic carbocycles. The molecule has 19 heavy (non-hydrogen) atoms. The molecule has 0 aliphatic heterocycles. The normalized spacial score (nSPS) is 10.5. The highest BCUT2D eigenvalue weighted by molar-refractivity contribution is 6.33. The van der Waals surface area contributed by atoms with E-state index in [1.165, 1.54) is 0 Å². The molecule has 0 spiro atoms. The summed E-state index contributed by atoms with van der Waals surface area (Å²) in [6, 6.07) is 3.38. The van der Waals surface area contributed by atoms with Crippen LogP contribution in [0, 0.1) is 13.8 Å². The summed E-state index contributed by atoms with van der Waals surface area (Å²) in [6.07, 6.45) is 1.68. The molecule has 3 N–H and O–H groups in total. The van der Waals surface area contributed by atoms with Gasteiger partial charge in [-0.2, -0.15) is 5.10 Å². The zero-order valence-electron chi connectivity index (χ0n) is 11.0. The number of benzene rings is 1. The van der Waals surface area contributed by atoms with Gasteiger partial charge in [0.2, 0.25) is 0 Å². The fourth-order valence-electron chi connectivity index (χ4n) is 1.85. The van der Waals surface area contributed by atoms with E-state index in [4.69, 9.17) is 17.3 Å². The molecule has 2 rings (SSSR count). The lowest BCUT2D eigenvalue weighted by Crippen LogP contribution is -2.13. The van der Waals surface area contributed by atoms with Gasteiger partial charge in [-0.3, -0.25) is 9.48 Å². The third kappa shape index (κ3) is 2.71. The lowest BCUT2D eigenvalue weighted by molar-refractivity contribution is 0.102. The number of nitrogen functional groups attached to an aromatic ring is 1. The number of aromatic nitrogens is 2. The van der Waals surface area contributed by atoms with Crippen LogP contribution in [0.15, 0.2) is 18.3 Å². The second-order valence-electron chi connectivity index (χ2n) is 4.44. The largest absolute Gasteiger partial charge is 0.398 e. The Bertz CT molecular complexity index is 648. The number of nitrogens with zero attached hydrogens (tertiary/aromatic N) is 2. The third-order valence-electron chi connectivity index (χ3n) is 2.85. The van der Waals surface area contributed by atoms with Crippen LogP contribution in [-0.2, 0) is 7.05 Å². The van der Waals surface area contributed by atoms with E-state index in [0.29, 0.717) is 27.7 Å². The van der Waals surface area contributed by atoms with Crippen molar-refractivity contribution in [3.63, 3.8) is 0 Å². The van der Waals surface area contributed by atoms with E-state index in [-0.39, 0.29) is 5.91 Å². The van der Waals surface area contributed by atoms with Crippen LogP contribution in [0.2, 0.25) is 5.02 Å². The molecule has 1 amide bonds. The predicted octanol–water partition coefficient (Wildman–Crippen LogP) is 2.52. The number of carbonyl (C=O) groups excluding carboxylic acids is 1. The van der Waals surface area contributed by atoms with Crippen LogP contribution in [-0.4, -0.2) is 15.7 Å². The number of amides is 1. The van der Waals surface area contributed by atoms with Gasteiger partial charge >= 0.3 is 0 Å². The number of anilines is 2. The zero-order chi connectivity index (χ0) is 14.2. The first-order valence-electron chi connectivity index (χ1n) is 5.75. The summed E-state index contributed by atoms with van der Waals surface area (Å²) in [5, 5.41) is 7.37. The molecule has 1 aromatic heterocycles. The third-order valence-corrected chi connectivity index (χ3v) is 3.18. The summed E-state index contributed by atoms with van der Waals surface area (Å²) in [4.78, 5) is 12.2. The van der Waals surface area contributed by atoms with Crippen molar-refractivity contribution in [1.82, 2.24) is 9.78 Å². The highest BCUT2D eigenvalue weighted by atomic mass is 35.5. The summed E-state index contributed by atoms with van der Waals surface area (Å²) in [7, 11) is 1.77. The second-order valence-corrected chi connectivity index (χ2v) is 4.85. The maximum atomic E-state index is 12.2. The van der Waals surface area contributed by atoms with E-state index < -0.39 is 0 Å². The fraction of sp³-hybridized carbons (Fsp3) is 0.231. The molecular formula is C13H15ClN4O. The predicted molar refractivity (Wildman–Crippen MR) is 76.5 cm³/mol. The van der Waals surface area contributed by atoms with Gasteiger partial charge in [-0.05, 0) is 31.5 Å². The molecule has 0 radical (unpaired) electrons. The summed E-state index contributed by atoms with van der Waals surface area (Å²) < 4.78 is 1.60. The number of hydrogen-bond acceptors (Lipinski definition) is 3. The Balaban J connectivity index is 2.29. The zero-order valence-corrected chi connectivity index (χ0v) is 11.7. The molecular weight excluding hydrogens is 264 g/mol. The van der Waals surface area contributed by atoms with Crippen molar-refractivity contribution in [3.05, 3.63) is 40.2 Å². The average molecular weight is 279 g/mol. The van der Waals surface area contributed by atoms with Gasteiger partial charge in [-0.1, -0.05) is 11.6 Å². The summed E-state index contributed by atoms with van der Waals surface area (Å²) in [6.45, 7) is 3.65. The number of nitrogens with two attached hydrogens (primary N) is 1. The number of aryl methyl sites for hydroxylation is 3. The minimum atomic E-state index is -0.213. The van der Waals surface area contributed by atoms with E-state index in [0.717, 1.165) is 5.56 Å². The number of halogens is 1. The molecule has 0 saturated carbocycles. The number of hydrogen-bond donors (Lipinski definition) is 2. The Morgan fingerprint density at radius 3 is 2.68 bits per heavy atom. The minimum Gasteiger partial charge on any atom is -0.398 e. The van der Waals surface area contributed by atoms with Crippen LogP contribution in [0.1, 0.15) is 21.6 Å². The second kappa shape index (κ2) is 4.93. The van der Waals surface area contributed by atoms with E-state index >= 15 is 0 Å². The van der Waals surface area contributed by atoms with Crippen molar-refractivity contribution < 1.29 is 4.79 Å². The van der Waals surface area contributed by atoms with Crippen molar-refractivity contribution in [3.8, 4) is 0 Å². The lowest BCUT2D eigenvalue weighted by Gasteiger charge is -2.10. The molecule has 0 saturated heterocycles. The number of nitrogens with one attached hydrogen (secondary N) is 1. The van der Waals surface area contributed by atoms with Gasteiger partial charge in [0.25, 0.3) is 5.91 Å². The first kappa shape index (κ1) is 13.4. The van der Waals surface area contributed by atoms with Crippen molar-refractivity contribution in [1.29, 1.82) is 0 Å². The van der Waals surface area contributed by atoms with Gasteiger partial charge in [0.1, 0.15) is 0 Å². The van der Waals surface area contributed by atoms with Crippen LogP contribution < -0.4 is 11.1 Å². The molecule has 0 bridgehead atoms. The molecule has 0 aliphatic carbocycles. The van der Waals surface area contributed by atoms with Crippen molar-refractivity contribution in [2.45, 2.75) is 13.8 Å². The first-order chi connectivity index (χ1) is 8.88. The van der Waals surface area contributed by atoms with Crippen LogP contribution in [0.5, 0.6) is 0 Å². The van der Waals surface area contributed by atoms with Gasteiger partial charge in [0.05, 0.1) is 22.0 Å². The minimum absolute atomic E-state index is 0.213. The van der Waals surface area contributed by atoms with E-state index in [9.17, 15) is 4.79 Å². The average Bonchev–Trinajstić information content (AvgIpc) is 2.65. The van der Waals surface area contributed by atoms with Crippen LogP contribution >= 0.6 is 11.6 Å². The van der Waals surface area contributed by atoms with Gasteiger partial charge in [0, 0.05) is 18.9 Å². The quantitative estimate of drug-likeness (QED) is 0.829. The fourth-order valence-corrected chi connectivity index (χ4v) is 2.01. The van der Waals surface area contributed by atoms with E-state index in [2.05, 4.69) is 10.4 Å². The Kier molecular flexibility index (Phi) is 3.48. The van der Waals surface area contributed by atoms with E-state index in [1.807, 2.05) is 6.92 Å². The van der Waals surface area contributed by atoms with Crippen molar-refractivity contribution in [2.24, 2.45) is 7.05 Å². The van der Waals surface area contributed by atoms with Crippen molar-refractivity contribution in [2.75, 3.05) is 11.1 Å². The molecule has 100 valence electrons. The summed E-state index contributed by atoms with van der Waals surface area (Å²) in [5.41, 5.74) is 8.92. The topological polar surface area (TPSA) is 72.9 Å². The van der Waals surface area contributed by atoms with Crippen LogP contribution in [0.4, 0.5) is 11.4 Å². The monoisotopic (exact) mass is 278 g/mol. The molecule has 0 atom stereocenters. The smallest absolute Gasteiger partial charge is 0.259 e. The molecule has 1 heterocycles. The van der Waals surface area contributed by atoms with Gasteiger partial charge < -0.3 is 11.1 Å². The first-order valence-corrected chi connectivity index (χ1v) is 6.13. The van der Waals surface area contributed by atoms with Crippen molar-refractivity contribution >= 4 is 28.9 Å². The number of rotatable bonds is 2. The highest BCUT2D eigenvalue weighted by Gasteiger charge is 2.14. The molecule has 6 heteroatoms. The maximum absolute atomic E-state index is 12.2. The maximum Gasteiger partial charge on any atom is 0.259 e. The van der Waals surface area contributed by atoms with E-state index in [1.54, 1.807) is 37.0 Å². The lowest BCUT2D eigenvalue weighted by atomic mass is 10.1. The summed E-state index contributed by atoms with van der Waals surface area (Å²) in [5.74, 6) is -0.213. The highest BCUT2D eigenvalue weighted by Crippen LogP contribution is 2.27.